The smallest absolute Gasteiger partial charge is 0.339 e. The normalized spacial score (nSPS) is 12.7. The van der Waals surface area contributed by atoms with Gasteiger partial charge in [-0.2, -0.15) is 0 Å². The fourth-order valence-electron chi connectivity index (χ4n) is 3.20. The maximum Gasteiger partial charge on any atom is 0.339 e. The standard InChI is InChI=1S/C20H47N3O2Si/c1-8-21(6)15-13-17-23(18-14-16-22(7)9-2)19-20-26(12-5,24-10-3)25-11-4/h8-20H2,1-7H3. The average molecular weight is 390 g/mol. The molecule has 0 radical (unpaired) electrons. The van der Waals surface area contributed by atoms with Gasteiger partial charge in [-0.05, 0) is 86.1 Å². The van der Waals surface area contributed by atoms with E-state index in [0.717, 1.165) is 44.9 Å². The average Bonchev–Trinajstić information content (AvgIpc) is 2.65. The van der Waals surface area contributed by atoms with Crippen LogP contribution in [-0.4, -0.2) is 96.4 Å². The molecule has 0 amide bonds. The summed E-state index contributed by atoms with van der Waals surface area (Å²) < 4.78 is 12.3. The van der Waals surface area contributed by atoms with E-state index in [9.17, 15) is 0 Å². The van der Waals surface area contributed by atoms with E-state index in [1.807, 2.05) is 0 Å². The number of nitrogens with zero attached hydrogens (tertiary/aromatic N) is 3. The molecule has 0 saturated heterocycles. The molecule has 158 valence electrons. The van der Waals surface area contributed by atoms with Gasteiger partial charge in [-0.1, -0.05) is 20.8 Å². The molecule has 0 aromatic carbocycles. The highest BCUT2D eigenvalue weighted by Gasteiger charge is 2.35. The second kappa shape index (κ2) is 16.0. The third kappa shape index (κ3) is 11.7. The molecule has 26 heavy (non-hydrogen) atoms. The minimum Gasteiger partial charge on any atom is -0.394 e. The van der Waals surface area contributed by atoms with Gasteiger partial charge in [-0.25, -0.2) is 0 Å². The Bertz CT molecular complexity index is 299. The molecule has 0 aromatic rings. The summed E-state index contributed by atoms with van der Waals surface area (Å²) in [5, 5.41) is 0. The molecular formula is C20H47N3O2Si. The predicted octanol–water partition coefficient (Wildman–Crippen LogP) is 3.51. The first kappa shape index (κ1) is 26.0. The molecule has 5 nitrogen and oxygen atoms in total. The summed E-state index contributed by atoms with van der Waals surface area (Å²) in [4.78, 5) is 7.44. The lowest BCUT2D eigenvalue weighted by Crippen LogP contribution is -2.45. The van der Waals surface area contributed by atoms with E-state index in [2.05, 4.69) is 63.4 Å². The Morgan fingerprint density at radius 1 is 0.654 bits per heavy atom. The Balaban J connectivity index is 4.62. The topological polar surface area (TPSA) is 28.2 Å². The van der Waals surface area contributed by atoms with Crippen molar-refractivity contribution in [2.75, 3.05) is 73.1 Å². The monoisotopic (exact) mass is 389 g/mol. The minimum absolute atomic E-state index is 0.767. The molecule has 0 aliphatic heterocycles. The van der Waals surface area contributed by atoms with Gasteiger partial charge in [0.1, 0.15) is 0 Å². The number of hydrogen-bond acceptors (Lipinski definition) is 5. The second-order valence-corrected chi connectivity index (χ2v) is 10.8. The molecule has 0 spiro atoms. The molecule has 0 rings (SSSR count). The summed E-state index contributed by atoms with van der Waals surface area (Å²) in [5.74, 6) is 0. The molecule has 0 heterocycles. The van der Waals surface area contributed by atoms with Crippen LogP contribution in [0.4, 0.5) is 0 Å². The van der Waals surface area contributed by atoms with Crippen molar-refractivity contribution in [3.63, 3.8) is 0 Å². The lowest BCUT2D eigenvalue weighted by Gasteiger charge is -2.32. The highest BCUT2D eigenvalue weighted by molar-refractivity contribution is 6.67. The van der Waals surface area contributed by atoms with Crippen LogP contribution in [0.25, 0.3) is 0 Å². The molecule has 0 aliphatic rings. The van der Waals surface area contributed by atoms with Crippen molar-refractivity contribution >= 4 is 8.56 Å². The van der Waals surface area contributed by atoms with Crippen molar-refractivity contribution in [3.8, 4) is 0 Å². The third-order valence-electron chi connectivity index (χ3n) is 5.27. The van der Waals surface area contributed by atoms with Crippen molar-refractivity contribution in [1.29, 1.82) is 0 Å². The summed E-state index contributed by atoms with van der Waals surface area (Å²) in [7, 11) is 2.39. The summed E-state index contributed by atoms with van der Waals surface area (Å²) in [6.45, 7) is 20.5. The van der Waals surface area contributed by atoms with Crippen LogP contribution in [-0.2, 0) is 8.85 Å². The molecule has 0 unspecified atom stereocenters. The SMILES string of the molecule is CCO[Si](CC)(CCN(CCCN(C)CC)CCCN(C)CC)OCC. The van der Waals surface area contributed by atoms with Gasteiger partial charge in [-0.3, -0.25) is 0 Å². The Kier molecular flexibility index (Phi) is 16.0. The first-order valence-corrected chi connectivity index (χ1v) is 13.1. The van der Waals surface area contributed by atoms with Crippen molar-refractivity contribution in [1.82, 2.24) is 14.7 Å². The fourth-order valence-corrected chi connectivity index (χ4v) is 6.04. The Morgan fingerprint density at radius 2 is 1.12 bits per heavy atom. The molecule has 0 aromatic heterocycles. The van der Waals surface area contributed by atoms with Crippen LogP contribution >= 0.6 is 0 Å². The van der Waals surface area contributed by atoms with Crippen LogP contribution in [0.15, 0.2) is 0 Å². The van der Waals surface area contributed by atoms with Crippen LogP contribution in [0.5, 0.6) is 0 Å². The Labute approximate surface area is 165 Å². The zero-order valence-corrected chi connectivity index (χ0v) is 19.9. The van der Waals surface area contributed by atoms with E-state index in [4.69, 9.17) is 8.85 Å². The fraction of sp³-hybridized carbons (Fsp3) is 1.00. The summed E-state index contributed by atoms with van der Waals surface area (Å²) >= 11 is 0. The van der Waals surface area contributed by atoms with E-state index in [1.54, 1.807) is 0 Å². The van der Waals surface area contributed by atoms with E-state index < -0.39 is 8.56 Å². The van der Waals surface area contributed by atoms with Crippen LogP contribution in [0, 0.1) is 0 Å². The van der Waals surface area contributed by atoms with E-state index >= 15 is 0 Å². The van der Waals surface area contributed by atoms with Gasteiger partial charge in [0.25, 0.3) is 0 Å². The summed E-state index contributed by atoms with van der Waals surface area (Å²) in [5.41, 5.74) is 0. The van der Waals surface area contributed by atoms with Gasteiger partial charge >= 0.3 is 8.56 Å². The van der Waals surface area contributed by atoms with Crippen molar-refractivity contribution in [3.05, 3.63) is 0 Å². The van der Waals surface area contributed by atoms with Crippen molar-refractivity contribution in [2.24, 2.45) is 0 Å². The van der Waals surface area contributed by atoms with Gasteiger partial charge in [0.2, 0.25) is 0 Å². The largest absolute Gasteiger partial charge is 0.394 e. The molecule has 0 atom stereocenters. The highest BCUT2D eigenvalue weighted by atomic mass is 28.4. The third-order valence-corrected chi connectivity index (χ3v) is 8.96. The quantitative estimate of drug-likeness (QED) is 0.335. The van der Waals surface area contributed by atoms with Crippen LogP contribution in [0.3, 0.4) is 0 Å². The summed E-state index contributed by atoms with van der Waals surface area (Å²) in [6.07, 6.45) is 2.47. The molecule has 0 saturated carbocycles. The lowest BCUT2D eigenvalue weighted by molar-refractivity contribution is 0.173. The first-order valence-electron chi connectivity index (χ1n) is 10.8. The maximum absolute atomic E-state index is 6.16. The van der Waals surface area contributed by atoms with Gasteiger partial charge in [0, 0.05) is 25.8 Å². The Morgan fingerprint density at radius 3 is 1.46 bits per heavy atom. The van der Waals surface area contributed by atoms with Crippen LogP contribution < -0.4 is 0 Å². The zero-order valence-electron chi connectivity index (χ0n) is 18.9. The maximum atomic E-state index is 6.16. The Hall–Kier alpha value is 0.0169. The van der Waals surface area contributed by atoms with Crippen LogP contribution in [0.2, 0.25) is 12.1 Å². The number of rotatable bonds is 18. The second-order valence-electron chi connectivity index (χ2n) is 7.22. The minimum atomic E-state index is -2.03. The summed E-state index contributed by atoms with van der Waals surface area (Å²) in [6, 6.07) is 2.12. The first-order chi connectivity index (χ1) is 12.5. The van der Waals surface area contributed by atoms with Gasteiger partial charge in [0.15, 0.2) is 0 Å². The van der Waals surface area contributed by atoms with Gasteiger partial charge in [-0.15, -0.1) is 0 Å². The molecule has 0 fully saturated rings. The highest BCUT2D eigenvalue weighted by Crippen LogP contribution is 2.20. The zero-order chi connectivity index (χ0) is 19.8. The van der Waals surface area contributed by atoms with Crippen LogP contribution in [0.1, 0.15) is 47.5 Å². The molecule has 0 N–H and O–H groups in total. The van der Waals surface area contributed by atoms with Gasteiger partial charge < -0.3 is 23.6 Å². The molecular weight excluding hydrogens is 342 g/mol. The lowest BCUT2D eigenvalue weighted by atomic mass is 10.3. The van der Waals surface area contributed by atoms with E-state index in [0.29, 0.717) is 0 Å². The number of hydrogen-bond donors (Lipinski definition) is 0. The van der Waals surface area contributed by atoms with Crippen molar-refractivity contribution < 1.29 is 8.85 Å². The van der Waals surface area contributed by atoms with Crippen molar-refractivity contribution in [2.45, 2.75) is 59.5 Å². The van der Waals surface area contributed by atoms with E-state index in [-0.39, 0.29) is 0 Å². The molecule has 0 bridgehead atoms. The van der Waals surface area contributed by atoms with Gasteiger partial charge in [0.05, 0.1) is 0 Å². The predicted molar refractivity (Wildman–Crippen MR) is 116 cm³/mol. The van der Waals surface area contributed by atoms with E-state index in [1.165, 1.54) is 39.0 Å². The molecule has 0 aliphatic carbocycles. The molecule has 6 heteroatoms.